The number of rotatable bonds is 6. The zero-order valence-electron chi connectivity index (χ0n) is 25.3. The van der Waals surface area contributed by atoms with E-state index in [9.17, 15) is 24.3 Å². The molecule has 1 saturated carbocycles. The number of phenolic OH excluding ortho intramolecular Hbond substituents is 1. The molecule has 0 radical (unpaired) electrons. The van der Waals surface area contributed by atoms with Gasteiger partial charge in [0, 0.05) is 24.0 Å². The minimum Gasteiger partial charge on any atom is -0.504 e. The van der Waals surface area contributed by atoms with Crippen LogP contribution in [0.2, 0.25) is 0 Å². The predicted molar refractivity (Wildman–Crippen MR) is 168 cm³/mol. The van der Waals surface area contributed by atoms with Crippen LogP contribution < -0.4 is 4.74 Å². The van der Waals surface area contributed by atoms with Gasteiger partial charge in [-0.3, -0.25) is 24.1 Å². The van der Waals surface area contributed by atoms with Crippen LogP contribution in [-0.4, -0.2) is 47.0 Å². The molecule has 1 N–H and O–H groups in total. The largest absolute Gasteiger partial charge is 0.504 e. The van der Waals surface area contributed by atoms with Crippen molar-refractivity contribution in [3.05, 3.63) is 113 Å². The zero-order valence-corrected chi connectivity index (χ0v) is 25.3. The summed E-state index contributed by atoms with van der Waals surface area (Å²) in [6.45, 7) is 2.30. The van der Waals surface area contributed by atoms with Crippen LogP contribution in [0.5, 0.6) is 11.5 Å². The second-order valence-corrected chi connectivity index (χ2v) is 12.5. The molecule has 1 heterocycles. The summed E-state index contributed by atoms with van der Waals surface area (Å²) in [6.07, 6.45) is 4.83. The number of allylic oxidation sites excluding steroid dienone is 4. The molecule has 7 heteroatoms. The van der Waals surface area contributed by atoms with Crippen LogP contribution in [0.4, 0.5) is 0 Å². The third kappa shape index (κ3) is 4.16. The lowest BCUT2D eigenvalue weighted by Gasteiger charge is -2.55. The number of ether oxygens (including phenoxy) is 1. The second-order valence-electron chi connectivity index (χ2n) is 12.5. The summed E-state index contributed by atoms with van der Waals surface area (Å²) < 4.78 is 5.35. The third-order valence-corrected chi connectivity index (χ3v) is 10.4. The molecule has 3 aliphatic carbocycles. The minimum absolute atomic E-state index is 0.0810. The standard InChI is InChI=1S/C38H35NO6/c1-3-18-39-36(43)26-16-15-25-28(33(26)37(39)44)20-29-35(42)27(22-10-6-4-7-11-22)21-32(41)38(29,24-12-8-5-9-13-24)34(25)23-14-17-31(45-2)30(40)19-23/h4-15,17,19,21,26,28-29,33-34,40H,3,16,18,20H2,1-2H3/t26-,28+,29-,33-,34-,38-/m0/s1. The Bertz CT molecular complexity index is 1780. The first-order chi connectivity index (χ1) is 21.8. The molecule has 3 aromatic rings. The normalized spacial score (nSPS) is 29.0. The van der Waals surface area contributed by atoms with Gasteiger partial charge in [-0.25, -0.2) is 0 Å². The molecule has 45 heavy (non-hydrogen) atoms. The number of aromatic hydroxyl groups is 1. The highest BCUT2D eigenvalue weighted by atomic mass is 16.5. The first-order valence-corrected chi connectivity index (χ1v) is 15.7. The number of Topliss-reactive ketones (excluding diaryl/α,β-unsaturated/α-hetero) is 1. The van der Waals surface area contributed by atoms with Crippen molar-refractivity contribution in [1.29, 1.82) is 0 Å². The predicted octanol–water partition coefficient (Wildman–Crippen LogP) is 5.64. The maximum absolute atomic E-state index is 15.0. The number of ketones is 2. The third-order valence-electron chi connectivity index (χ3n) is 10.4. The van der Waals surface area contributed by atoms with Gasteiger partial charge in [0.25, 0.3) is 0 Å². The van der Waals surface area contributed by atoms with Crippen molar-refractivity contribution in [2.24, 2.45) is 23.7 Å². The van der Waals surface area contributed by atoms with E-state index in [1.165, 1.54) is 18.1 Å². The van der Waals surface area contributed by atoms with E-state index in [-0.39, 0.29) is 41.3 Å². The number of amides is 2. The van der Waals surface area contributed by atoms with Crippen molar-refractivity contribution >= 4 is 29.0 Å². The van der Waals surface area contributed by atoms with E-state index < -0.39 is 35.0 Å². The number of carbonyl (C=O) groups excluding carboxylic acids is 4. The summed E-state index contributed by atoms with van der Waals surface area (Å²) in [5.74, 6) is -3.51. The van der Waals surface area contributed by atoms with Gasteiger partial charge >= 0.3 is 0 Å². The van der Waals surface area contributed by atoms with Gasteiger partial charge in [-0.1, -0.05) is 85.3 Å². The van der Waals surface area contributed by atoms with Gasteiger partial charge in [-0.2, -0.15) is 0 Å². The summed E-state index contributed by atoms with van der Waals surface area (Å²) in [5, 5.41) is 11.0. The number of nitrogens with zero attached hydrogens (tertiary/aromatic N) is 1. The van der Waals surface area contributed by atoms with Gasteiger partial charge in [-0.15, -0.1) is 0 Å². The Morgan fingerprint density at radius 1 is 0.911 bits per heavy atom. The number of hydrogen-bond acceptors (Lipinski definition) is 6. The number of likely N-dealkylation sites (tertiary alicyclic amines) is 1. The van der Waals surface area contributed by atoms with Crippen LogP contribution >= 0.6 is 0 Å². The molecule has 0 unspecified atom stereocenters. The fraction of sp³-hybridized carbons (Fsp3) is 0.316. The Kier molecular flexibility index (Phi) is 7.07. The molecule has 6 atom stereocenters. The average molecular weight is 602 g/mol. The van der Waals surface area contributed by atoms with E-state index in [1.54, 1.807) is 12.1 Å². The highest BCUT2D eigenvalue weighted by Gasteiger charge is 2.65. The van der Waals surface area contributed by atoms with E-state index in [4.69, 9.17) is 4.74 Å². The monoisotopic (exact) mass is 601 g/mol. The summed E-state index contributed by atoms with van der Waals surface area (Å²) in [5.41, 5.74) is 1.92. The zero-order chi connectivity index (χ0) is 31.5. The van der Waals surface area contributed by atoms with Crippen molar-refractivity contribution in [2.45, 2.75) is 37.5 Å². The van der Waals surface area contributed by atoms with Crippen LogP contribution in [0.15, 0.2) is 96.6 Å². The highest BCUT2D eigenvalue weighted by molar-refractivity contribution is 6.31. The van der Waals surface area contributed by atoms with E-state index >= 15 is 0 Å². The minimum atomic E-state index is -1.33. The van der Waals surface area contributed by atoms with Crippen LogP contribution in [0, 0.1) is 23.7 Å². The Morgan fingerprint density at radius 3 is 2.29 bits per heavy atom. The topological polar surface area (TPSA) is 101 Å². The molecule has 1 saturated heterocycles. The fourth-order valence-corrected chi connectivity index (χ4v) is 8.65. The molecule has 0 spiro atoms. The number of imide groups is 1. The molecule has 7 rings (SSSR count). The van der Waals surface area contributed by atoms with E-state index in [0.717, 1.165) is 5.57 Å². The van der Waals surface area contributed by atoms with E-state index in [0.29, 0.717) is 41.6 Å². The molecule has 4 aliphatic rings. The molecular weight excluding hydrogens is 566 g/mol. The molecule has 1 aliphatic heterocycles. The molecule has 7 nitrogen and oxygen atoms in total. The first-order valence-electron chi connectivity index (χ1n) is 15.7. The molecular formula is C38H35NO6. The smallest absolute Gasteiger partial charge is 0.233 e. The molecule has 2 fully saturated rings. The lowest BCUT2D eigenvalue weighted by atomic mass is 9.44. The van der Waals surface area contributed by atoms with Crippen LogP contribution in [0.3, 0.4) is 0 Å². The highest BCUT2D eigenvalue weighted by Crippen LogP contribution is 2.63. The Labute approximate surface area is 262 Å². The van der Waals surface area contributed by atoms with Gasteiger partial charge in [0.15, 0.2) is 23.1 Å². The van der Waals surface area contributed by atoms with Crippen molar-refractivity contribution in [3.63, 3.8) is 0 Å². The lowest BCUT2D eigenvalue weighted by Crippen LogP contribution is -2.58. The molecule has 0 bridgehead atoms. The molecule has 2 amide bonds. The molecule has 3 aromatic carbocycles. The number of benzene rings is 3. The Morgan fingerprint density at radius 2 is 1.62 bits per heavy atom. The first kappa shape index (κ1) is 29.0. The van der Waals surface area contributed by atoms with E-state index in [1.807, 2.05) is 79.7 Å². The maximum Gasteiger partial charge on any atom is 0.233 e. The number of phenols is 1. The van der Waals surface area contributed by atoms with Crippen LogP contribution in [0.1, 0.15) is 48.8 Å². The van der Waals surface area contributed by atoms with Crippen molar-refractivity contribution in [2.75, 3.05) is 13.7 Å². The summed E-state index contributed by atoms with van der Waals surface area (Å²) >= 11 is 0. The van der Waals surface area contributed by atoms with Gasteiger partial charge in [0.2, 0.25) is 11.8 Å². The number of carbonyl (C=O) groups is 4. The number of fused-ring (bicyclic) bond motifs is 4. The summed E-state index contributed by atoms with van der Waals surface area (Å²) in [7, 11) is 1.47. The Balaban J connectivity index is 1.50. The SMILES string of the molecule is CCCN1C(=O)[C@H]2[C@H](CC=C3[C@H]2C[C@H]2C(=O)C(c4ccccc4)=CC(=O)[C@@]2(c2ccccc2)[C@H]3c2ccc(OC)c(O)c2)C1=O. The second kappa shape index (κ2) is 11.0. The quantitative estimate of drug-likeness (QED) is 0.290. The van der Waals surface area contributed by atoms with Crippen LogP contribution in [-0.2, 0) is 24.6 Å². The number of hydrogen-bond donors (Lipinski definition) is 1. The molecule has 0 aromatic heterocycles. The summed E-state index contributed by atoms with van der Waals surface area (Å²) in [4.78, 5) is 58.7. The van der Waals surface area contributed by atoms with Crippen molar-refractivity contribution in [3.8, 4) is 11.5 Å². The van der Waals surface area contributed by atoms with Gasteiger partial charge in [-0.05, 0) is 60.1 Å². The van der Waals surface area contributed by atoms with Gasteiger partial charge in [0.1, 0.15) is 0 Å². The maximum atomic E-state index is 15.0. The summed E-state index contributed by atoms with van der Waals surface area (Å²) in [6, 6.07) is 23.7. The van der Waals surface area contributed by atoms with Crippen molar-refractivity contribution in [1.82, 2.24) is 4.90 Å². The van der Waals surface area contributed by atoms with Crippen LogP contribution in [0.25, 0.3) is 5.57 Å². The fourth-order valence-electron chi connectivity index (χ4n) is 8.65. The average Bonchev–Trinajstić information content (AvgIpc) is 3.31. The Hall–Kier alpha value is -4.78. The molecule has 228 valence electrons. The van der Waals surface area contributed by atoms with Crippen molar-refractivity contribution < 1.29 is 29.0 Å². The van der Waals surface area contributed by atoms with E-state index in [2.05, 4.69) is 0 Å². The number of methoxy groups -OCH3 is 1. The van der Waals surface area contributed by atoms with Gasteiger partial charge < -0.3 is 9.84 Å². The lowest BCUT2D eigenvalue weighted by molar-refractivity contribution is -0.140. The van der Waals surface area contributed by atoms with Gasteiger partial charge in [0.05, 0.1) is 24.4 Å².